The standard InChI is InChI=1S/C27H23F6N5O3S/c1-2-7-40-21-9-15(28)8-16(29)24(21)22-11-17(36-41-22)19-13-42-27(34-19)14-3-5-37(6-4-14)23(39)12-38-20(26(32)33)10-18(35-38)25(30)31/h1,8-10,13-14,22,25-26H,3-7,11-12H2. The van der Waals surface area contributed by atoms with Gasteiger partial charge in [-0.1, -0.05) is 11.1 Å². The fourth-order valence-corrected chi connectivity index (χ4v) is 5.87. The fourth-order valence-electron chi connectivity index (χ4n) is 4.87. The number of oxime groups is 1. The van der Waals surface area contributed by atoms with Gasteiger partial charge in [0.05, 0.1) is 16.3 Å². The fraction of sp³-hybridized carbons (Fsp3) is 0.407. The van der Waals surface area contributed by atoms with E-state index < -0.39 is 54.4 Å². The Bertz CT molecular complexity index is 1530. The lowest BCUT2D eigenvalue weighted by atomic mass is 9.97. The average molecular weight is 612 g/mol. The highest BCUT2D eigenvalue weighted by Gasteiger charge is 2.33. The largest absolute Gasteiger partial charge is 0.480 e. The molecule has 0 N–H and O–H groups in total. The Morgan fingerprint density at radius 3 is 2.62 bits per heavy atom. The summed E-state index contributed by atoms with van der Waals surface area (Å²) >= 11 is 1.39. The summed E-state index contributed by atoms with van der Waals surface area (Å²) in [7, 11) is 0. The summed E-state index contributed by atoms with van der Waals surface area (Å²) in [5.74, 6) is 0.0202. The molecule has 1 unspecified atom stereocenters. The van der Waals surface area contributed by atoms with Gasteiger partial charge in [-0.05, 0) is 18.9 Å². The number of hydrogen-bond donors (Lipinski definition) is 0. The van der Waals surface area contributed by atoms with Gasteiger partial charge >= 0.3 is 0 Å². The van der Waals surface area contributed by atoms with Gasteiger partial charge in [0, 0.05) is 42.9 Å². The molecule has 0 aliphatic carbocycles. The number of halogens is 6. The molecule has 3 aromatic rings. The Morgan fingerprint density at radius 2 is 1.93 bits per heavy atom. The van der Waals surface area contributed by atoms with Crippen LogP contribution in [0.3, 0.4) is 0 Å². The predicted octanol–water partition coefficient (Wildman–Crippen LogP) is 5.78. The van der Waals surface area contributed by atoms with Gasteiger partial charge in [0.2, 0.25) is 5.91 Å². The van der Waals surface area contributed by atoms with Gasteiger partial charge in [-0.25, -0.2) is 31.3 Å². The molecule has 0 bridgehead atoms. The number of carbonyl (C=O) groups excluding carboxylic acids is 1. The van der Waals surface area contributed by atoms with Crippen LogP contribution in [0.4, 0.5) is 26.3 Å². The van der Waals surface area contributed by atoms with E-state index in [-0.39, 0.29) is 30.3 Å². The molecule has 1 amide bonds. The van der Waals surface area contributed by atoms with Crippen LogP contribution in [-0.2, 0) is 16.2 Å². The number of terminal acetylenes is 1. The molecule has 5 rings (SSSR count). The molecule has 1 atom stereocenters. The van der Waals surface area contributed by atoms with E-state index in [4.69, 9.17) is 16.0 Å². The lowest BCUT2D eigenvalue weighted by Gasteiger charge is -2.31. The second kappa shape index (κ2) is 12.4. The number of amides is 1. The first-order valence-corrected chi connectivity index (χ1v) is 13.7. The van der Waals surface area contributed by atoms with E-state index >= 15 is 0 Å². The van der Waals surface area contributed by atoms with Gasteiger partial charge in [-0.3, -0.25) is 9.48 Å². The Hall–Kier alpha value is -4.06. The molecule has 0 spiro atoms. The molecule has 8 nitrogen and oxygen atoms in total. The van der Waals surface area contributed by atoms with Crippen molar-refractivity contribution in [2.75, 3.05) is 19.7 Å². The van der Waals surface area contributed by atoms with Crippen molar-refractivity contribution in [1.82, 2.24) is 19.7 Å². The molecule has 0 radical (unpaired) electrons. The highest BCUT2D eigenvalue weighted by Crippen LogP contribution is 2.38. The molecule has 2 aromatic heterocycles. The first kappa shape index (κ1) is 29.4. The van der Waals surface area contributed by atoms with Gasteiger partial charge in [0.25, 0.3) is 12.9 Å². The summed E-state index contributed by atoms with van der Waals surface area (Å²) in [5.41, 5.74) is -0.528. The summed E-state index contributed by atoms with van der Waals surface area (Å²) in [5, 5.41) is 10.1. The van der Waals surface area contributed by atoms with E-state index in [9.17, 15) is 31.1 Å². The third kappa shape index (κ3) is 6.23. The van der Waals surface area contributed by atoms with Crippen molar-refractivity contribution in [3.8, 4) is 18.1 Å². The van der Waals surface area contributed by atoms with Gasteiger partial charge in [-0.2, -0.15) is 5.10 Å². The maximum absolute atomic E-state index is 14.7. The Balaban J connectivity index is 1.19. The van der Waals surface area contributed by atoms with Crippen molar-refractivity contribution < 1.29 is 40.7 Å². The van der Waals surface area contributed by atoms with E-state index in [0.29, 0.717) is 48.1 Å². The summed E-state index contributed by atoms with van der Waals surface area (Å²) in [6, 6.07) is 2.37. The third-order valence-electron chi connectivity index (χ3n) is 6.93. The molecule has 4 heterocycles. The van der Waals surface area contributed by atoms with E-state index in [1.165, 1.54) is 16.2 Å². The first-order valence-electron chi connectivity index (χ1n) is 12.8. The lowest BCUT2D eigenvalue weighted by Crippen LogP contribution is -2.40. The van der Waals surface area contributed by atoms with Crippen molar-refractivity contribution in [3.63, 3.8) is 0 Å². The van der Waals surface area contributed by atoms with Gasteiger partial charge in [-0.15, -0.1) is 17.8 Å². The molecule has 222 valence electrons. The maximum atomic E-state index is 14.7. The molecule has 15 heteroatoms. The molecule has 0 saturated carbocycles. The number of rotatable bonds is 9. The monoisotopic (exact) mass is 611 g/mol. The minimum absolute atomic E-state index is 0.000830. The quantitative estimate of drug-likeness (QED) is 0.227. The van der Waals surface area contributed by atoms with Crippen LogP contribution < -0.4 is 4.74 Å². The minimum Gasteiger partial charge on any atom is -0.480 e. The number of nitrogens with zero attached hydrogens (tertiary/aromatic N) is 5. The van der Waals surface area contributed by atoms with E-state index in [1.807, 2.05) is 0 Å². The second-order valence-electron chi connectivity index (χ2n) is 9.61. The number of likely N-dealkylation sites (tertiary alicyclic amines) is 1. The zero-order valence-corrected chi connectivity index (χ0v) is 22.6. The predicted molar refractivity (Wildman–Crippen MR) is 138 cm³/mol. The number of carbonyl (C=O) groups is 1. The first-order chi connectivity index (χ1) is 20.1. The normalized spacial score (nSPS) is 17.5. The lowest BCUT2D eigenvalue weighted by molar-refractivity contribution is -0.133. The summed E-state index contributed by atoms with van der Waals surface area (Å²) < 4.78 is 86.7. The highest BCUT2D eigenvalue weighted by molar-refractivity contribution is 7.10. The molecule has 1 fully saturated rings. The van der Waals surface area contributed by atoms with E-state index in [0.717, 1.165) is 17.1 Å². The van der Waals surface area contributed by atoms with Crippen molar-refractivity contribution in [2.45, 2.75) is 50.7 Å². The molecule has 2 aliphatic heterocycles. The topological polar surface area (TPSA) is 81.8 Å². The highest BCUT2D eigenvalue weighted by atomic mass is 32.1. The minimum atomic E-state index is -3.05. The number of aromatic nitrogens is 3. The number of thiazole rings is 1. The summed E-state index contributed by atoms with van der Waals surface area (Å²) in [4.78, 5) is 24.3. The van der Waals surface area contributed by atoms with Crippen LogP contribution in [0, 0.1) is 24.0 Å². The van der Waals surface area contributed by atoms with Crippen LogP contribution in [0.15, 0.2) is 28.7 Å². The smallest absolute Gasteiger partial charge is 0.282 e. The van der Waals surface area contributed by atoms with Crippen LogP contribution in [0.25, 0.3) is 0 Å². The van der Waals surface area contributed by atoms with Crippen LogP contribution in [0.5, 0.6) is 5.75 Å². The molecular formula is C27H23F6N5O3S. The Kier molecular flexibility index (Phi) is 8.72. The van der Waals surface area contributed by atoms with Gasteiger partial charge in [0.15, 0.2) is 6.10 Å². The Morgan fingerprint density at radius 1 is 1.17 bits per heavy atom. The van der Waals surface area contributed by atoms with E-state index in [1.54, 1.807) is 5.38 Å². The SMILES string of the molecule is C#CCOc1cc(F)cc(F)c1C1CC(c2csc(C3CCN(C(=O)Cn4nc(C(F)F)cc4C(F)F)CC3)n2)=NO1. The molecule has 2 aliphatic rings. The summed E-state index contributed by atoms with van der Waals surface area (Å²) in [6.07, 6.45) is -0.495. The van der Waals surface area contributed by atoms with Crippen LogP contribution in [0.2, 0.25) is 0 Å². The van der Waals surface area contributed by atoms with E-state index in [2.05, 4.69) is 21.2 Å². The third-order valence-corrected chi connectivity index (χ3v) is 7.94. The molecule has 1 saturated heterocycles. The number of ether oxygens (including phenoxy) is 1. The second-order valence-corrected chi connectivity index (χ2v) is 10.5. The van der Waals surface area contributed by atoms with Gasteiger partial charge in [0.1, 0.15) is 47.6 Å². The molecule has 42 heavy (non-hydrogen) atoms. The summed E-state index contributed by atoms with van der Waals surface area (Å²) in [6.45, 7) is -0.108. The number of alkyl halides is 4. The number of hydrogen-bond acceptors (Lipinski definition) is 7. The van der Waals surface area contributed by atoms with Crippen molar-refractivity contribution in [1.29, 1.82) is 0 Å². The molecular weight excluding hydrogens is 588 g/mol. The number of piperidine rings is 1. The maximum Gasteiger partial charge on any atom is 0.282 e. The Labute approximate surface area is 239 Å². The molecule has 1 aromatic carbocycles. The van der Waals surface area contributed by atoms with Crippen molar-refractivity contribution in [2.24, 2.45) is 5.16 Å². The van der Waals surface area contributed by atoms with Crippen LogP contribution >= 0.6 is 11.3 Å². The van der Waals surface area contributed by atoms with Crippen LogP contribution in [-0.4, -0.2) is 51.0 Å². The number of benzene rings is 1. The van der Waals surface area contributed by atoms with Crippen LogP contribution in [0.1, 0.15) is 71.8 Å². The van der Waals surface area contributed by atoms with Gasteiger partial charge < -0.3 is 14.5 Å². The zero-order valence-electron chi connectivity index (χ0n) is 21.8. The van der Waals surface area contributed by atoms with Crippen molar-refractivity contribution in [3.05, 3.63) is 62.9 Å². The zero-order chi connectivity index (χ0) is 30.0. The average Bonchev–Trinajstić information content (AvgIpc) is 3.71. The van der Waals surface area contributed by atoms with Crippen molar-refractivity contribution >= 4 is 23.0 Å².